The highest BCUT2D eigenvalue weighted by Gasteiger charge is 2.24. The second-order valence-electron chi connectivity index (χ2n) is 8.24. The Hall–Kier alpha value is -1.89. The van der Waals surface area contributed by atoms with Crippen molar-refractivity contribution in [3.8, 4) is 11.3 Å². The third kappa shape index (κ3) is 5.18. The van der Waals surface area contributed by atoms with Gasteiger partial charge in [-0.1, -0.05) is 65.9 Å². The predicted octanol–water partition coefficient (Wildman–Crippen LogP) is 6.56. The maximum atomic E-state index is 12.9. The van der Waals surface area contributed by atoms with Gasteiger partial charge in [0, 0.05) is 24.5 Å². The largest absolute Gasteiger partial charge is 0.462 e. The van der Waals surface area contributed by atoms with Crippen molar-refractivity contribution in [2.45, 2.75) is 39.3 Å². The molecule has 0 saturated carbocycles. The van der Waals surface area contributed by atoms with Crippen LogP contribution in [0.3, 0.4) is 0 Å². The molecule has 0 aliphatic carbocycles. The molecule has 4 nitrogen and oxygen atoms in total. The van der Waals surface area contributed by atoms with Gasteiger partial charge in [0.2, 0.25) is 0 Å². The van der Waals surface area contributed by atoms with Gasteiger partial charge in [-0.3, -0.25) is 0 Å². The first kappa shape index (κ1) is 21.8. The number of benzene rings is 2. The van der Waals surface area contributed by atoms with E-state index in [0.717, 1.165) is 39.3 Å². The van der Waals surface area contributed by atoms with E-state index in [2.05, 4.69) is 40.1 Å². The van der Waals surface area contributed by atoms with Gasteiger partial charge in [-0.05, 0) is 36.7 Å². The average Bonchev–Trinajstić information content (AvgIpc) is 3.00. The van der Waals surface area contributed by atoms with E-state index in [1.54, 1.807) is 0 Å². The lowest BCUT2D eigenvalue weighted by atomic mass is 10.1. The zero-order chi connectivity index (χ0) is 21.0. The van der Waals surface area contributed by atoms with Crippen molar-refractivity contribution in [3.05, 3.63) is 58.6 Å². The fraction of sp³-hybridized carbons (Fsp3) is 0.348. The summed E-state index contributed by atoms with van der Waals surface area (Å²) in [6, 6.07) is 17.0. The standard InChI is InChI=1S/C23H28BrNO3Si/c1-5-28-23(26)21-19-8-6-7-9-20(19)25(16-27-14-15-29(2,3)4)22(21)17-10-12-18(24)13-11-17/h6-13H,5,14-16H2,1-4H3. The van der Waals surface area contributed by atoms with Gasteiger partial charge in [-0.2, -0.15) is 0 Å². The number of fused-ring (bicyclic) bond motifs is 1. The minimum absolute atomic E-state index is 0.303. The summed E-state index contributed by atoms with van der Waals surface area (Å²) in [4.78, 5) is 12.9. The topological polar surface area (TPSA) is 40.5 Å². The number of carbonyl (C=O) groups is 1. The summed E-state index contributed by atoms with van der Waals surface area (Å²) >= 11 is 3.49. The van der Waals surface area contributed by atoms with Gasteiger partial charge in [0.25, 0.3) is 0 Å². The van der Waals surface area contributed by atoms with Crippen molar-refractivity contribution in [2.24, 2.45) is 0 Å². The third-order valence-electron chi connectivity index (χ3n) is 4.78. The molecule has 2 aromatic carbocycles. The second kappa shape index (κ2) is 9.28. The zero-order valence-electron chi connectivity index (χ0n) is 17.5. The van der Waals surface area contributed by atoms with Crippen LogP contribution in [-0.4, -0.2) is 31.8 Å². The Morgan fingerprint density at radius 1 is 1.07 bits per heavy atom. The molecule has 0 N–H and O–H groups in total. The molecular weight excluding hydrogens is 446 g/mol. The normalized spacial score (nSPS) is 11.8. The molecule has 154 valence electrons. The lowest BCUT2D eigenvalue weighted by Gasteiger charge is -2.17. The first-order chi connectivity index (χ1) is 13.8. The molecule has 0 fully saturated rings. The van der Waals surface area contributed by atoms with Crippen molar-refractivity contribution in [1.29, 1.82) is 0 Å². The van der Waals surface area contributed by atoms with E-state index in [1.165, 1.54) is 0 Å². The smallest absolute Gasteiger partial charge is 0.340 e. The number of hydrogen-bond donors (Lipinski definition) is 0. The number of esters is 1. The fourth-order valence-corrected chi connectivity index (χ4v) is 4.31. The molecule has 0 aliphatic rings. The maximum absolute atomic E-state index is 12.9. The Labute approximate surface area is 182 Å². The molecule has 0 unspecified atom stereocenters. The van der Waals surface area contributed by atoms with E-state index in [1.807, 2.05) is 55.5 Å². The molecule has 0 spiro atoms. The Morgan fingerprint density at radius 2 is 1.76 bits per heavy atom. The van der Waals surface area contributed by atoms with E-state index in [-0.39, 0.29) is 5.97 Å². The summed E-state index contributed by atoms with van der Waals surface area (Å²) in [5.41, 5.74) is 3.37. The molecule has 0 atom stereocenters. The van der Waals surface area contributed by atoms with Crippen molar-refractivity contribution in [2.75, 3.05) is 13.2 Å². The van der Waals surface area contributed by atoms with Crippen molar-refractivity contribution in [1.82, 2.24) is 4.57 Å². The highest BCUT2D eigenvalue weighted by Crippen LogP contribution is 2.35. The SMILES string of the molecule is CCOC(=O)c1c(-c2ccc(Br)cc2)n(COCC[Si](C)(C)C)c2ccccc12. The number of para-hydroxylation sites is 1. The van der Waals surface area contributed by atoms with Crippen LogP contribution in [0.4, 0.5) is 0 Å². The highest BCUT2D eigenvalue weighted by molar-refractivity contribution is 9.10. The first-order valence-electron chi connectivity index (χ1n) is 9.94. The van der Waals surface area contributed by atoms with E-state index >= 15 is 0 Å². The number of aromatic nitrogens is 1. The molecule has 0 amide bonds. The lowest BCUT2D eigenvalue weighted by molar-refractivity contribution is 0.0528. The minimum Gasteiger partial charge on any atom is -0.462 e. The summed E-state index contributed by atoms with van der Waals surface area (Å²) in [6.07, 6.45) is 0. The molecule has 0 aliphatic heterocycles. The van der Waals surface area contributed by atoms with Crippen LogP contribution in [0.1, 0.15) is 17.3 Å². The Kier molecular flexibility index (Phi) is 6.98. The Morgan fingerprint density at radius 3 is 2.41 bits per heavy atom. The van der Waals surface area contributed by atoms with Crippen LogP contribution < -0.4 is 0 Å². The molecule has 3 rings (SSSR count). The molecule has 0 radical (unpaired) electrons. The summed E-state index contributed by atoms with van der Waals surface area (Å²) in [7, 11) is -1.17. The highest BCUT2D eigenvalue weighted by atomic mass is 79.9. The molecule has 29 heavy (non-hydrogen) atoms. The number of ether oxygens (including phenoxy) is 2. The molecule has 6 heteroatoms. The molecular formula is C23H28BrNO3Si. The van der Waals surface area contributed by atoms with Gasteiger partial charge in [-0.15, -0.1) is 0 Å². The lowest BCUT2D eigenvalue weighted by Crippen LogP contribution is -2.22. The number of halogens is 1. The second-order valence-corrected chi connectivity index (χ2v) is 14.8. The van der Waals surface area contributed by atoms with Crippen LogP contribution >= 0.6 is 15.9 Å². The third-order valence-corrected chi connectivity index (χ3v) is 7.02. The van der Waals surface area contributed by atoms with Gasteiger partial charge in [0.15, 0.2) is 0 Å². The van der Waals surface area contributed by atoms with Gasteiger partial charge in [0.05, 0.1) is 23.4 Å². The Bertz CT molecular complexity index is 990. The first-order valence-corrected chi connectivity index (χ1v) is 14.4. The van der Waals surface area contributed by atoms with Crippen LogP contribution in [0.5, 0.6) is 0 Å². The number of carbonyl (C=O) groups excluding carboxylic acids is 1. The predicted molar refractivity (Wildman–Crippen MR) is 125 cm³/mol. The van der Waals surface area contributed by atoms with E-state index in [4.69, 9.17) is 9.47 Å². The molecule has 0 saturated heterocycles. The van der Waals surface area contributed by atoms with Gasteiger partial charge >= 0.3 is 5.97 Å². The number of rotatable bonds is 8. The van der Waals surface area contributed by atoms with Crippen LogP contribution in [-0.2, 0) is 16.2 Å². The quantitative estimate of drug-likeness (QED) is 0.211. The van der Waals surface area contributed by atoms with Crippen LogP contribution in [0.15, 0.2) is 53.0 Å². The maximum Gasteiger partial charge on any atom is 0.340 e. The Balaban J connectivity index is 2.10. The van der Waals surface area contributed by atoms with Gasteiger partial charge in [-0.25, -0.2) is 4.79 Å². The van der Waals surface area contributed by atoms with Crippen LogP contribution in [0, 0.1) is 0 Å². The van der Waals surface area contributed by atoms with E-state index in [9.17, 15) is 4.79 Å². The summed E-state index contributed by atoms with van der Waals surface area (Å²) < 4.78 is 14.6. The molecule has 1 heterocycles. The van der Waals surface area contributed by atoms with Crippen molar-refractivity contribution >= 4 is 40.9 Å². The number of hydrogen-bond acceptors (Lipinski definition) is 3. The van der Waals surface area contributed by atoms with Crippen molar-refractivity contribution in [3.63, 3.8) is 0 Å². The van der Waals surface area contributed by atoms with Gasteiger partial charge in [0.1, 0.15) is 6.73 Å². The molecule has 1 aromatic heterocycles. The zero-order valence-corrected chi connectivity index (χ0v) is 20.1. The van der Waals surface area contributed by atoms with E-state index < -0.39 is 8.07 Å². The summed E-state index contributed by atoms with van der Waals surface area (Å²) in [5.74, 6) is -0.303. The average molecular weight is 474 g/mol. The van der Waals surface area contributed by atoms with E-state index in [0.29, 0.717) is 18.9 Å². The van der Waals surface area contributed by atoms with Crippen LogP contribution in [0.2, 0.25) is 25.7 Å². The monoisotopic (exact) mass is 473 g/mol. The minimum atomic E-state index is -1.17. The fourth-order valence-electron chi connectivity index (χ4n) is 3.29. The van der Waals surface area contributed by atoms with Crippen molar-refractivity contribution < 1.29 is 14.3 Å². The summed E-state index contributed by atoms with van der Waals surface area (Å²) in [5, 5.41) is 0.887. The van der Waals surface area contributed by atoms with Gasteiger partial charge < -0.3 is 14.0 Å². The molecule has 3 aromatic rings. The van der Waals surface area contributed by atoms with Crippen LogP contribution in [0.25, 0.3) is 22.2 Å². The molecule has 0 bridgehead atoms. The summed E-state index contributed by atoms with van der Waals surface area (Å²) in [6.45, 7) is 10.3. The number of nitrogens with zero attached hydrogens (tertiary/aromatic N) is 1.